The molecule has 4 nitrogen and oxygen atoms in total. The molecule has 0 unspecified atom stereocenters. The molecule has 0 bridgehead atoms. The van der Waals surface area contributed by atoms with Gasteiger partial charge in [-0.15, -0.1) is 0 Å². The summed E-state index contributed by atoms with van der Waals surface area (Å²) in [5.74, 6) is -0.236. The lowest BCUT2D eigenvalue weighted by molar-refractivity contribution is 0.102. The quantitative estimate of drug-likeness (QED) is 0.662. The van der Waals surface area contributed by atoms with E-state index in [1.807, 2.05) is 13.0 Å². The summed E-state index contributed by atoms with van der Waals surface area (Å²) in [6.07, 6.45) is 1.58. The number of halogens is 1. The number of carbonyl (C=O) groups excluding carboxylic acids is 1. The zero-order valence-electron chi connectivity index (χ0n) is 9.77. The van der Waals surface area contributed by atoms with E-state index in [1.54, 1.807) is 30.5 Å². The van der Waals surface area contributed by atoms with Crippen LogP contribution in [0.5, 0.6) is 0 Å². The topological polar surface area (TPSA) is 68.0 Å². The third-order valence-corrected chi connectivity index (χ3v) is 3.02. The Balaban J connectivity index is 2.22. The van der Waals surface area contributed by atoms with E-state index in [4.69, 9.17) is 5.73 Å². The first-order valence-electron chi connectivity index (χ1n) is 5.36. The predicted octanol–water partition coefficient (Wildman–Crippen LogP) is 2.99. The molecule has 0 aliphatic rings. The first-order valence-corrected chi connectivity index (χ1v) is 6.15. The highest BCUT2D eigenvalue weighted by Crippen LogP contribution is 2.18. The van der Waals surface area contributed by atoms with Crippen molar-refractivity contribution in [1.82, 2.24) is 4.98 Å². The summed E-state index contributed by atoms with van der Waals surface area (Å²) in [6, 6.07) is 8.90. The van der Waals surface area contributed by atoms with E-state index in [-0.39, 0.29) is 5.91 Å². The van der Waals surface area contributed by atoms with E-state index in [0.29, 0.717) is 16.9 Å². The van der Waals surface area contributed by atoms with Crippen LogP contribution in [0.4, 0.5) is 11.4 Å². The number of benzene rings is 1. The smallest absolute Gasteiger partial charge is 0.257 e. The molecule has 1 aromatic heterocycles. The molecule has 3 N–H and O–H groups in total. The molecule has 1 amide bonds. The van der Waals surface area contributed by atoms with Crippen molar-refractivity contribution >= 4 is 33.2 Å². The monoisotopic (exact) mass is 305 g/mol. The normalized spacial score (nSPS) is 10.1. The summed E-state index contributed by atoms with van der Waals surface area (Å²) in [7, 11) is 0. The summed E-state index contributed by atoms with van der Waals surface area (Å²) < 4.78 is 0.718. The van der Waals surface area contributed by atoms with Gasteiger partial charge in [-0.2, -0.15) is 0 Å². The van der Waals surface area contributed by atoms with Crippen molar-refractivity contribution in [3.05, 3.63) is 52.3 Å². The van der Waals surface area contributed by atoms with Gasteiger partial charge in [-0.3, -0.25) is 4.79 Å². The van der Waals surface area contributed by atoms with Crippen molar-refractivity contribution in [2.24, 2.45) is 0 Å². The number of nitrogens with two attached hydrogens (primary N) is 1. The van der Waals surface area contributed by atoms with Gasteiger partial charge in [0.25, 0.3) is 5.91 Å². The fourth-order valence-corrected chi connectivity index (χ4v) is 1.76. The number of nitrogens with zero attached hydrogens (tertiary/aromatic N) is 1. The summed E-state index contributed by atoms with van der Waals surface area (Å²) in [5.41, 5.74) is 8.36. The van der Waals surface area contributed by atoms with Gasteiger partial charge in [0.2, 0.25) is 0 Å². The highest BCUT2D eigenvalue weighted by molar-refractivity contribution is 9.10. The number of anilines is 2. The van der Waals surface area contributed by atoms with Gasteiger partial charge in [0.1, 0.15) is 4.60 Å². The first-order chi connectivity index (χ1) is 8.58. The van der Waals surface area contributed by atoms with Crippen molar-refractivity contribution in [2.45, 2.75) is 6.92 Å². The van der Waals surface area contributed by atoms with Crippen molar-refractivity contribution in [1.29, 1.82) is 0 Å². The number of hydrogen-bond donors (Lipinski definition) is 2. The van der Waals surface area contributed by atoms with Gasteiger partial charge in [-0.25, -0.2) is 4.98 Å². The van der Waals surface area contributed by atoms with Gasteiger partial charge >= 0.3 is 0 Å². The van der Waals surface area contributed by atoms with E-state index >= 15 is 0 Å². The Labute approximate surface area is 113 Å². The fourth-order valence-electron chi connectivity index (χ4n) is 1.53. The number of amides is 1. The number of pyridine rings is 1. The maximum absolute atomic E-state index is 12.0. The van der Waals surface area contributed by atoms with Gasteiger partial charge in [0.05, 0.1) is 17.4 Å². The zero-order valence-corrected chi connectivity index (χ0v) is 11.4. The van der Waals surface area contributed by atoms with Gasteiger partial charge in [-0.05, 0) is 46.6 Å². The minimum absolute atomic E-state index is 0.236. The Hall–Kier alpha value is -1.88. The van der Waals surface area contributed by atoms with E-state index in [9.17, 15) is 4.79 Å². The molecule has 92 valence electrons. The van der Waals surface area contributed by atoms with Gasteiger partial charge < -0.3 is 11.1 Å². The maximum Gasteiger partial charge on any atom is 0.257 e. The van der Waals surface area contributed by atoms with Crippen molar-refractivity contribution < 1.29 is 4.79 Å². The second kappa shape index (κ2) is 5.18. The zero-order chi connectivity index (χ0) is 13.1. The molecule has 0 spiro atoms. The lowest BCUT2D eigenvalue weighted by Gasteiger charge is -2.09. The van der Waals surface area contributed by atoms with E-state index in [2.05, 4.69) is 26.2 Å². The van der Waals surface area contributed by atoms with Gasteiger partial charge in [0.15, 0.2) is 0 Å². The van der Waals surface area contributed by atoms with Gasteiger partial charge in [0, 0.05) is 5.69 Å². The van der Waals surface area contributed by atoms with Crippen LogP contribution in [0, 0.1) is 6.92 Å². The molecule has 18 heavy (non-hydrogen) atoms. The number of hydrogen-bond acceptors (Lipinski definition) is 3. The van der Waals surface area contributed by atoms with Crippen molar-refractivity contribution in [3.63, 3.8) is 0 Å². The van der Waals surface area contributed by atoms with Crippen LogP contribution in [0.2, 0.25) is 0 Å². The van der Waals surface area contributed by atoms with Crippen LogP contribution in [0.15, 0.2) is 41.1 Å². The van der Waals surface area contributed by atoms with E-state index in [1.165, 1.54) is 0 Å². The number of nitrogens with one attached hydrogen (secondary N) is 1. The number of aromatic nitrogens is 1. The molecule has 0 aliphatic carbocycles. The molecule has 1 aromatic carbocycles. The predicted molar refractivity (Wildman–Crippen MR) is 75.5 cm³/mol. The molecule has 0 saturated carbocycles. The number of carbonyl (C=O) groups is 1. The number of nitrogen functional groups attached to an aromatic ring is 1. The molecule has 0 fully saturated rings. The van der Waals surface area contributed by atoms with Crippen LogP contribution in [0.3, 0.4) is 0 Å². The third kappa shape index (κ3) is 2.68. The molecular weight excluding hydrogens is 294 g/mol. The lowest BCUT2D eigenvalue weighted by Crippen LogP contribution is -2.14. The Bertz CT molecular complexity index is 581. The molecule has 0 atom stereocenters. The minimum Gasteiger partial charge on any atom is -0.398 e. The Morgan fingerprint density at radius 2 is 2.11 bits per heavy atom. The standard InChI is InChI=1S/C13H12BrN3O/c1-8-3-2-4-10(12(8)15)13(18)17-9-5-6-11(14)16-7-9/h2-7H,15H2,1H3,(H,17,18). The Morgan fingerprint density at radius 3 is 2.78 bits per heavy atom. The summed E-state index contributed by atoms with van der Waals surface area (Å²) in [6.45, 7) is 1.87. The lowest BCUT2D eigenvalue weighted by atomic mass is 10.1. The minimum atomic E-state index is -0.236. The fraction of sp³-hybridized carbons (Fsp3) is 0.0769. The van der Waals surface area contributed by atoms with Crippen LogP contribution in [0.25, 0.3) is 0 Å². The van der Waals surface area contributed by atoms with Crippen molar-refractivity contribution in [3.8, 4) is 0 Å². The van der Waals surface area contributed by atoms with E-state index < -0.39 is 0 Å². The third-order valence-electron chi connectivity index (χ3n) is 2.55. The van der Waals surface area contributed by atoms with Crippen molar-refractivity contribution in [2.75, 3.05) is 11.1 Å². The first kappa shape index (κ1) is 12.6. The van der Waals surface area contributed by atoms with Crippen LogP contribution in [-0.4, -0.2) is 10.9 Å². The Morgan fingerprint density at radius 1 is 1.33 bits per heavy atom. The van der Waals surface area contributed by atoms with Crippen LogP contribution >= 0.6 is 15.9 Å². The molecule has 2 rings (SSSR count). The summed E-state index contributed by atoms with van der Waals surface area (Å²) >= 11 is 3.23. The number of para-hydroxylation sites is 1. The maximum atomic E-state index is 12.0. The van der Waals surface area contributed by atoms with E-state index in [0.717, 1.165) is 10.2 Å². The number of aryl methyl sites for hydroxylation is 1. The second-order valence-corrected chi connectivity index (χ2v) is 4.67. The Kier molecular flexibility index (Phi) is 3.62. The van der Waals surface area contributed by atoms with Gasteiger partial charge in [-0.1, -0.05) is 12.1 Å². The molecular formula is C13H12BrN3O. The number of rotatable bonds is 2. The molecule has 0 radical (unpaired) electrons. The molecule has 0 aliphatic heterocycles. The molecule has 0 saturated heterocycles. The summed E-state index contributed by atoms with van der Waals surface area (Å²) in [4.78, 5) is 16.1. The van der Waals surface area contributed by atoms with Crippen LogP contribution in [-0.2, 0) is 0 Å². The van der Waals surface area contributed by atoms with Crippen LogP contribution < -0.4 is 11.1 Å². The average molecular weight is 306 g/mol. The highest BCUT2D eigenvalue weighted by atomic mass is 79.9. The largest absolute Gasteiger partial charge is 0.398 e. The molecule has 1 heterocycles. The molecule has 5 heteroatoms. The average Bonchev–Trinajstić information content (AvgIpc) is 2.35. The molecule has 2 aromatic rings. The summed E-state index contributed by atoms with van der Waals surface area (Å²) in [5, 5.41) is 2.75. The van der Waals surface area contributed by atoms with Crippen LogP contribution in [0.1, 0.15) is 15.9 Å². The SMILES string of the molecule is Cc1cccc(C(=O)Nc2ccc(Br)nc2)c1N. The highest BCUT2D eigenvalue weighted by Gasteiger charge is 2.11. The second-order valence-electron chi connectivity index (χ2n) is 3.86.